The van der Waals surface area contributed by atoms with Crippen LogP contribution in [0, 0.1) is 5.82 Å². The predicted molar refractivity (Wildman–Crippen MR) is 109 cm³/mol. The van der Waals surface area contributed by atoms with Crippen molar-refractivity contribution in [3.8, 4) is 23.0 Å². The van der Waals surface area contributed by atoms with E-state index in [9.17, 15) is 19.4 Å². The number of hydrogen-bond acceptors (Lipinski definition) is 6. The van der Waals surface area contributed by atoms with Gasteiger partial charge in [-0.3, -0.25) is 4.79 Å². The summed E-state index contributed by atoms with van der Waals surface area (Å²) in [5.74, 6) is -0.334. The first-order valence-corrected chi connectivity index (χ1v) is 8.87. The molecule has 1 amide bonds. The Kier molecular flexibility index (Phi) is 6.49. The molecule has 0 heterocycles. The quantitative estimate of drug-likeness (QED) is 0.314. The Labute approximate surface area is 172 Å². The van der Waals surface area contributed by atoms with Gasteiger partial charge in [-0.15, -0.1) is 0 Å². The number of aromatic hydroxyl groups is 2. The first-order chi connectivity index (χ1) is 14.5. The standard InChI is InChI=1S/C22H19FN2O5/c1-29-21-9-2-14(10-15(21)13-30-18-6-3-16(23)4-7-18)12-24-25-22(28)19-11-17(26)5-8-20(19)27/h2-12,26-27H,13H2,1H3,(H,25,28)/b24-12-. The first-order valence-electron chi connectivity index (χ1n) is 8.87. The Morgan fingerprint density at radius 3 is 2.60 bits per heavy atom. The van der Waals surface area contributed by atoms with Gasteiger partial charge in [0.05, 0.1) is 18.9 Å². The minimum atomic E-state index is -0.673. The SMILES string of the molecule is COc1ccc(/C=N\NC(=O)c2cc(O)ccc2O)cc1COc1ccc(F)cc1. The summed E-state index contributed by atoms with van der Waals surface area (Å²) in [6, 6.07) is 14.5. The van der Waals surface area contributed by atoms with Gasteiger partial charge < -0.3 is 19.7 Å². The Morgan fingerprint density at radius 2 is 1.87 bits per heavy atom. The molecule has 7 nitrogen and oxygen atoms in total. The molecule has 0 spiro atoms. The van der Waals surface area contributed by atoms with Crippen LogP contribution in [0.15, 0.2) is 65.8 Å². The van der Waals surface area contributed by atoms with E-state index in [0.717, 1.165) is 11.6 Å². The number of halogens is 1. The maximum Gasteiger partial charge on any atom is 0.275 e. The van der Waals surface area contributed by atoms with E-state index in [1.807, 2.05) is 0 Å². The second-order valence-electron chi connectivity index (χ2n) is 6.21. The molecule has 3 N–H and O–H groups in total. The summed E-state index contributed by atoms with van der Waals surface area (Å²) in [4.78, 5) is 12.1. The zero-order chi connectivity index (χ0) is 21.5. The van der Waals surface area contributed by atoms with E-state index in [2.05, 4.69) is 10.5 Å². The van der Waals surface area contributed by atoms with Crippen molar-refractivity contribution in [2.75, 3.05) is 7.11 Å². The van der Waals surface area contributed by atoms with Gasteiger partial charge in [-0.2, -0.15) is 5.10 Å². The monoisotopic (exact) mass is 410 g/mol. The average molecular weight is 410 g/mol. The van der Waals surface area contributed by atoms with Gasteiger partial charge in [0, 0.05) is 5.56 Å². The number of phenolic OH excluding ortho intramolecular Hbond substituents is 2. The predicted octanol–water partition coefficient (Wildman–Crippen LogP) is 3.59. The van der Waals surface area contributed by atoms with Crippen LogP contribution >= 0.6 is 0 Å². The normalized spacial score (nSPS) is 10.7. The largest absolute Gasteiger partial charge is 0.508 e. The highest BCUT2D eigenvalue weighted by molar-refractivity contribution is 5.97. The number of methoxy groups -OCH3 is 1. The number of rotatable bonds is 7. The maximum atomic E-state index is 13.0. The van der Waals surface area contributed by atoms with Gasteiger partial charge in [0.1, 0.15) is 35.4 Å². The van der Waals surface area contributed by atoms with Crippen molar-refractivity contribution in [3.63, 3.8) is 0 Å². The van der Waals surface area contributed by atoms with E-state index in [1.54, 1.807) is 18.2 Å². The molecule has 8 heteroatoms. The molecule has 0 aliphatic rings. The summed E-state index contributed by atoms with van der Waals surface area (Å²) in [6.45, 7) is 0.181. The fourth-order valence-electron chi connectivity index (χ4n) is 2.62. The molecule has 3 aromatic carbocycles. The van der Waals surface area contributed by atoms with Crippen molar-refractivity contribution in [2.45, 2.75) is 6.61 Å². The lowest BCUT2D eigenvalue weighted by Crippen LogP contribution is -2.17. The summed E-state index contributed by atoms with van der Waals surface area (Å²) in [5, 5.41) is 23.0. The van der Waals surface area contributed by atoms with Crippen LogP contribution in [0.5, 0.6) is 23.0 Å². The lowest BCUT2D eigenvalue weighted by Gasteiger charge is -2.11. The summed E-state index contributed by atoms with van der Waals surface area (Å²) in [6.07, 6.45) is 1.42. The third-order valence-corrected chi connectivity index (χ3v) is 4.12. The summed E-state index contributed by atoms with van der Waals surface area (Å²) >= 11 is 0. The molecule has 30 heavy (non-hydrogen) atoms. The Hall–Kier alpha value is -4.07. The molecule has 0 aliphatic heterocycles. The highest BCUT2D eigenvalue weighted by Gasteiger charge is 2.11. The van der Waals surface area contributed by atoms with Crippen molar-refractivity contribution in [1.82, 2.24) is 5.43 Å². The summed E-state index contributed by atoms with van der Waals surface area (Å²) in [7, 11) is 1.53. The number of phenols is 2. The lowest BCUT2D eigenvalue weighted by atomic mass is 10.1. The molecule has 0 bridgehead atoms. The van der Waals surface area contributed by atoms with Crippen LogP contribution in [0.4, 0.5) is 4.39 Å². The number of nitrogens with zero attached hydrogens (tertiary/aromatic N) is 1. The molecule has 3 rings (SSSR count). The molecule has 0 aromatic heterocycles. The van der Waals surface area contributed by atoms with Crippen LogP contribution in [0.2, 0.25) is 0 Å². The van der Waals surface area contributed by atoms with Gasteiger partial charge in [0.25, 0.3) is 5.91 Å². The van der Waals surface area contributed by atoms with E-state index in [0.29, 0.717) is 17.1 Å². The van der Waals surface area contributed by atoms with Crippen LogP contribution in [-0.4, -0.2) is 29.4 Å². The highest BCUT2D eigenvalue weighted by atomic mass is 19.1. The van der Waals surface area contributed by atoms with E-state index < -0.39 is 5.91 Å². The second kappa shape index (κ2) is 9.42. The topological polar surface area (TPSA) is 100 Å². The lowest BCUT2D eigenvalue weighted by molar-refractivity contribution is 0.0952. The molecular weight excluding hydrogens is 391 g/mol. The molecule has 0 unspecified atom stereocenters. The number of carbonyl (C=O) groups excluding carboxylic acids is 1. The van der Waals surface area contributed by atoms with Gasteiger partial charge in [0.2, 0.25) is 0 Å². The van der Waals surface area contributed by atoms with E-state index >= 15 is 0 Å². The van der Waals surface area contributed by atoms with Crippen molar-refractivity contribution in [2.24, 2.45) is 5.10 Å². The zero-order valence-electron chi connectivity index (χ0n) is 16.0. The van der Waals surface area contributed by atoms with Crippen LogP contribution in [-0.2, 0) is 6.61 Å². The van der Waals surface area contributed by atoms with Crippen molar-refractivity contribution in [3.05, 3.63) is 83.2 Å². The van der Waals surface area contributed by atoms with Gasteiger partial charge in [-0.05, 0) is 66.2 Å². The molecule has 0 saturated carbocycles. The van der Waals surface area contributed by atoms with Crippen molar-refractivity contribution in [1.29, 1.82) is 0 Å². The molecule has 0 radical (unpaired) electrons. The van der Waals surface area contributed by atoms with Gasteiger partial charge in [-0.25, -0.2) is 9.82 Å². The molecule has 3 aromatic rings. The number of hydrogen-bond donors (Lipinski definition) is 3. The number of amides is 1. The molecule has 0 fully saturated rings. The Balaban J connectivity index is 1.68. The molecule has 154 valence electrons. The van der Waals surface area contributed by atoms with Crippen LogP contribution in [0.25, 0.3) is 0 Å². The number of benzene rings is 3. The Morgan fingerprint density at radius 1 is 1.10 bits per heavy atom. The van der Waals surface area contributed by atoms with Crippen LogP contribution in [0.3, 0.4) is 0 Å². The Bertz CT molecular complexity index is 1070. The third kappa shape index (κ3) is 5.26. The summed E-state index contributed by atoms with van der Waals surface area (Å²) in [5.41, 5.74) is 3.57. The average Bonchev–Trinajstić information content (AvgIpc) is 2.75. The number of nitrogens with one attached hydrogen (secondary N) is 1. The molecule has 0 atom stereocenters. The van der Waals surface area contributed by atoms with Crippen molar-refractivity contribution < 1.29 is 28.9 Å². The molecular formula is C22H19FN2O5. The highest BCUT2D eigenvalue weighted by Crippen LogP contribution is 2.23. The van der Waals surface area contributed by atoms with E-state index in [1.165, 1.54) is 49.7 Å². The van der Waals surface area contributed by atoms with Gasteiger partial charge >= 0.3 is 0 Å². The fourth-order valence-corrected chi connectivity index (χ4v) is 2.62. The van der Waals surface area contributed by atoms with E-state index in [-0.39, 0.29) is 29.5 Å². The van der Waals surface area contributed by atoms with Crippen LogP contribution < -0.4 is 14.9 Å². The van der Waals surface area contributed by atoms with Gasteiger partial charge in [0.15, 0.2) is 0 Å². The number of hydrazone groups is 1. The van der Waals surface area contributed by atoms with Crippen LogP contribution in [0.1, 0.15) is 21.5 Å². The summed E-state index contributed by atoms with van der Waals surface area (Å²) < 4.78 is 24.0. The van der Waals surface area contributed by atoms with Gasteiger partial charge in [-0.1, -0.05) is 0 Å². The smallest absolute Gasteiger partial charge is 0.275 e. The minimum absolute atomic E-state index is 0.102. The third-order valence-electron chi connectivity index (χ3n) is 4.12. The fraction of sp³-hybridized carbons (Fsp3) is 0.0909. The maximum absolute atomic E-state index is 13.0. The molecule has 0 aliphatic carbocycles. The van der Waals surface area contributed by atoms with Crippen molar-refractivity contribution >= 4 is 12.1 Å². The second-order valence-corrected chi connectivity index (χ2v) is 6.21. The van der Waals surface area contributed by atoms with E-state index in [4.69, 9.17) is 9.47 Å². The first kappa shape index (κ1) is 20.7. The number of ether oxygens (including phenoxy) is 2. The zero-order valence-corrected chi connectivity index (χ0v) is 16.0. The number of carbonyl (C=O) groups is 1. The minimum Gasteiger partial charge on any atom is -0.508 e. The molecule has 0 saturated heterocycles.